The van der Waals surface area contributed by atoms with Gasteiger partial charge < -0.3 is 9.64 Å². The third-order valence-electron chi connectivity index (χ3n) is 2.78. The Morgan fingerprint density at radius 1 is 1.35 bits per heavy atom. The lowest BCUT2D eigenvalue weighted by Gasteiger charge is -2.36. The number of azide groups is 1. The Morgan fingerprint density at radius 2 is 2.12 bits per heavy atom. The van der Waals surface area contributed by atoms with Gasteiger partial charge >= 0.3 is 0 Å². The Balaban J connectivity index is 1.55. The van der Waals surface area contributed by atoms with Crippen LogP contribution in [0.4, 0.5) is 0 Å². The maximum Gasteiger partial charge on any atom is 0.119 e. The van der Waals surface area contributed by atoms with Crippen LogP contribution in [0.2, 0.25) is 0 Å². The van der Waals surface area contributed by atoms with Gasteiger partial charge in [0, 0.05) is 24.5 Å². The van der Waals surface area contributed by atoms with Gasteiger partial charge in [-0.3, -0.25) is 0 Å². The average Bonchev–Trinajstić information content (AvgIpc) is 2.32. The van der Waals surface area contributed by atoms with Crippen molar-refractivity contribution in [2.24, 2.45) is 5.11 Å². The molecule has 1 aromatic rings. The molecule has 5 nitrogen and oxygen atoms in total. The molecule has 1 aromatic carbocycles. The Morgan fingerprint density at radius 3 is 2.82 bits per heavy atom. The average molecular weight is 232 g/mol. The van der Waals surface area contributed by atoms with Gasteiger partial charge in [0.15, 0.2) is 0 Å². The second kappa shape index (κ2) is 6.13. The van der Waals surface area contributed by atoms with Crippen molar-refractivity contribution >= 4 is 0 Å². The highest BCUT2D eigenvalue weighted by Crippen LogP contribution is 2.12. The SMILES string of the molecule is [N-]=[N+]=NC1CN(CCCOc2ccccc2)C1. The minimum absolute atomic E-state index is 0.176. The molecule has 0 aliphatic carbocycles. The van der Waals surface area contributed by atoms with Crippen molar-refractivity contribution in [2.75, 3.05) is 26.2 Å². The monoisotopic (exact) mass is 232 g/mol. The van der Waals surface area contributed by atoms with Crippen LogP contribution in [-0.2, 0) is 0 Å². The van der Waals surface area contributed by atoms with Crippen LogP contribution in [0, 0.1) is 0 Å². The van der Waals surface area contributed by atoms with Crippen LogP contribution in [0.5, 0.6) is 5.75 Å². The summed E-state index contributed by atoms with van der Waals surface area (Å²) in [6, 6.07) is 10.0. The van der Waals surface area contributed by atoms with E-state index in [1.165, 1.54) is 0 Å². The molecule has 0 unspecified atom stereocenters. The van der Waals surface area contributed by atoms with E-state index >= 15 is 0 Å². The summed E-state index contributed by atoms with van der Waals surface area (Å²) in [6.07, 6.45) is 0.998. The van der Waals surface area contributed by atoms with E-state index in [1.54, 1.807) is 0 Å². The zero-order chi connectivity index (χ0) is 11.9. The molecule has 0 N–H and O–H groups in total. The van der Waals surface area contributed by atoms with Crippen molar-refractivity contribution < 1.29 is 4.74 Å². The van der Waals surface area contributed by atoms with Gasteiger partial charge in [-0.1, -0.05) is 23.3 Å². The Labute approximate surface area is 101 Å². The first-order chi connectivity index (χ1) is 8.38. The van der Waals surface area contributed by atoms with Gasteiger partial charge in [0.05, 0.1) is 12.6 Å². The van der Waals surface area contributed by atoms with Gasteiger partial charge in [0.2, 0.25) is 0 Å². The van der Waals surface area contributed by atoms with Crippen molar-refractivity contribution in [1.29, 1.82) is 0 Å². The summed E-state index contributed by atoms with van der Waals surface area (Å²) in [6.45, 7) is 3.50. The second-order valence-corrected chi connectivity index (χ2v) is 4.13. The number of hydrogen-bond acceptors (Lipinski definition) is 3. The van der Waals surface area contributed by atoms with Crippen LogP contribution in [0.1, 0.15) is 6.42 Å². The van der Waals surface area contributed by atoms with Crippen LogP contribution in [0.25, 0.3) is 10.4 Å². The van der Waals surface area contributed by atoms with Crippen LogP contribution < -0.4 is 4.74 Å². The van der Waals surface area contributed by atoms with Crippen LogP contribution in [0.15, 0.2) is 35.4 Å². The van der Waals surface area contributed by atoms with Crippen LogP contribution in [-0.4, -0.2) is 37.2 Å². The van der Waals surface area contributed by atoms with E-state index in [1.807, 2.05) is 30.3 Å². The Kier molecular flexibility index (Phi) is 4.24. The first kappa shape index (κ1) is 11.8. The summed E-state index contributed by atoms with van der Waals surface area (Å²) < 4.78 is 5.59. The maximum atomic E-state index is 8.25. The quantitative estimate of drug-likeness (QED) is 0.327. The van der Waals surface area contributed by atoms with Gasteiger partial charge in [0.1, 0.15) is 5.75 Å². The number of benzene rings is 1. The third kappa shape index (κ3) is 3.66. The third-order valence-corrected chi connectivity index (χ3v) is 2.78. The van der Waals surface area contributed by atoms with E-state index in [2.05, 4.69) is 14.9 Å². The molecule has 0 saturated carbocycles. The van der Waals surface area contributed by atoms with Crippen molar-refractivity contribution in [1.82, 2.24) is 4.90 Å². The summed E-state index contributed by atoms with van der Waals surface area (Å²) in [5, 5.41) is 3.66. The van der Waals surface area contributed by atoms with Gasteiger partial charge in [-0.15, -0.1) is 0 Å². The molecular weight excluding hydrogens is 216 g/mol. The molecule has 1 heterocycles. The number of rotatable bonds is 6. The van der Waals surface area contributed by atoms with E-state index in [9.17, 15) is 0 Å². The van der Waals surface area contributed by atoms with Crippen molar-refractivity contribution in [3.63, 3.8) is 0 Å². The lowest BCUT2D eigenvalue weighted by molar-refractivity contribution is 0.139. The van der Waals surface area contributed by atoms with E-state index in [0.717, 1.165) is 38.4 Å². The molecular formula is C12H16N4O. The highest BCUT2D eigenvalue weighted by molar-refractivity contribution is 5.20. The minimum Gasteiger partial charge on any atom is -0.494 e. The van der Waals surface area contributed by atoms with Gasteiger partial charge in [-0.25, -0.2) is 0 Å². The molecule has 5 heteroatoms. The zero-order valence-corrected chi connectivity index (χ0v) is 9.70. The fourth-order valence-electron chi connectivity index (χ4n) is 1.87. The van der Waals surface area contributed by atoms with Crippen LogP contribution in [0.3, 0.4) is 0 Å². The second-order valence-electron chi connectivity index (χ2n) is 4.13. The van der Waals surface area contributed by atoms with E-state index < -0.39 is 0 Å². The molecule has 1 aliphatic heterocycles. The molecule has 0 spiro atoms. The first-order valence-electron chi connectivity index (χ1n) is 5.83. The summed E-state index contributed by atoms with van der Waals surface area (Å²) in [4.78, 5) is 5.07. The van der Waals surface area contributed by atoms with Crippen LogP contribution >= 0.6 is 0 Å². The van der Waals surface area contributed by atoms with Gasteiger partial charge in [-0.2, -0.15) is 0 Å². The number of para-hydroxylation sites is 1. The number of likely N-dealkylation sites (tertiary alicyclic amines) is 1. The number of ether oxygens (including phenoxy) is 1. The largest absolute Gasteiger partial charge is 0.494 e. The molecule has 1 aliphatic rings. The Bertz CT molecular complexity index is 383. The highest BCUT2D eigenvalue weighted by atomic mass is 16.5. The normalized spacial score (nSPS) is 16.0. The lowest BCUT2D eigenvalue weighted by Crippen LogP contribution is -2.49. The van der Waals surface area contributed by atoms with E-state index in [0.29, 0.717) is 0 Å². The molecule has 0 radical (unpaired) electrons. The van der Waals surface area contributed by atoms with E-state index in [4.69, 9.17) is 10.3 Å². The molecule has 2 rings (SSSR count). The summed E-state index contributed by atoms with van der Waals surface area (Å²) in [7, 11) is 0. The minimum atomic E-state index is 0.176. The van der Waals surface area contributed by atoms with Crippen molar-refractivity contribution in [2.45, 2.75) is 12.5 Å². The Hall–Kier alpha value is -1.71. The zero-order valence-electron chi connectivity index (χ0n) is 9.70. The van der Waals surface area contributed by atoms with E-state index in [-0.39, 0.29) is 6.04 Å². The van der Waals surface area contributed by atoms with Crippen molar-refractivity contribution in [3.8, 4) is 5.75 Å². The maximum absolute atomic E-state index is 8.25. The summed E-state index contributed by atoms with van der Waals surface area (Å²) in [5.74, 6) is 0.920. The molecule has 0 aromatic heterocycles. The topological polar surface area (TPSA) is 61.2 Å². The first-order valence-corrected chi connectivity index (χ1v) is 5.83. The molecule has 0 amide bonds. The molecule has 17 heavy (non-hydrogen) atoms. The molecule has 90 valence electrons. The van der Waals surface area contributed by atoms with Gasteiger partial charge in [0.25, 0.3) is 0 Å². The number of hydrogen-bond donors (Lipinski definition) is 0. The predicted octanol–water partition coefficient (Wildman–Crippen LogP) is 2.45. The fourth-order valence-corrected chi connectivity index (χ4v) is 1.87. The number of nitrogens with zero attached hydrogens (tertiary/aromatic N) is 4. The fraction of sp³-hybridized carbons (Fsp3) is 0.500. The molecule has 1 saturated heterocycles. The highest BCUT2D eigenvalue weighted by Gasteiger charge is 2.24. The van der Waals surface area contributed by atoms with Gasteiger partial charge in [-0.05, 0) is 24.1 Å². The van der Waals surface area contributed by atoms with Crippen molar-refractivity contribution in [3.05, 3.63) is 40.8 Å². The molecule has 0 atom stereocenters. The lowest BCUT2D eigenvalue weighted by atomic mass is 10.1. The summed E-state index contributed by atoms with van der Waals surface area (Å²) >= 11 is 0. The predicted molar refractivity (Wildman–Crippen MR) is 65.9 cm³/mol. The smallest absolute Gasteiger partial charge is 0.119 e. The summed E-state index contributed by atoms with van der Waals surface area (Å²) in [5.41, 5.74) is 8.25. The molecule has 0 bridgehead atoms. The standard InChI is InChI=1S/C12H16N4O/c13-15-14-11-9-16(10-11)7-4-8-17-12-5-2-1-3-6-12/h1-3,5-6,11H,4,7-10H2. The molecule has 1 fully saturated rings.